The molecule has 0 spiro atoms. The first kappa shape index (κ1) is 14.1. The van der Waals surface area contributed by atoms with Crippen molar-refractivity contribution in [3.63, 3.8) is 0 Å². The van der Waals surface area contributed by atoms with Crippen molar-refractivity contribution in [2.45, 2.75) is 37.6 Å². The van der Waals surface area contributed by atoms with E-state index in [9.17, 15) is 17.2 Å². The fourth-order valence-corrected chi connectivity index (χ4v) is 3.01. The van der Waals surface area contributed by atoms with Crippen LogP contribution in [-0.2, 0) is 10.0 Å². The highest BCUT2D eigenvalue weighted by atomic mass is 32.2. The Balaban J connectivity index is 3.14. The van der Waals surface area contributed by atoms with Crippen molar-refractivity contribution < 1.29 is 17.2 Å². The quantitative estimate of drug-likeness (QED) is 0.886. The summed E-state index contributed by atoms with van der Waals surface area (Å²) in [5.41, 5.74) is 0. The highest BCUT2D eigenvalue weighted by molar-refractivity contribution is 7.89. The third-order valence-corrected chi connectivity index (χ3v) is 4.07. The normalized spacial score (nSPS) is 12.1. The van der Waals surface area contributed by atoms with Crippen LogP contribution in [0.1, 0.15) is 26.7 Å². The molecular formula is C11H15F2NO2S. The van der Waals surface area contributed by atoms with Gasteiger partial charge in [-0.05, 0) is 25.0 Å². The lowest BCUT2D eigenvalue weighted by molar-refractivity contribution is 0.497. The summed E-state index contributed by atoms with van der Waals surface area (Å²) in [6.45, 7) is 3.60. The highest BCUT2D eigenvalue weighted by Gasteiger charge is 2.25. The van der Waals surface area contributed by atoms with E-state index in [2.05, 4.69) is 4.72 Å². The number of hydrogen-bond donors (Lipinski definition) is 1. The second-order valence-corrected chi connectivity index (χ2v) is 5.34. The summed E-state index contributed by atoms with van der Waals surface area (Å²) >= 11 is 0. The Morgan fingerprint density at radius 2 is 1.65 bits per heavy atom. The number of benzene rings is 1. The topological polar surface area (TPSA) is 46.2 Å². The molecule has 0 radical (unpaired) electrons. The van der Waals surface area contributed by atoms with Crippen molar-refractivity contribution in [2.24, 2.45) is 0 Å². The van der Waals surface area contributed by atoms with E-state index < -0.39 is 26.6 Å². The maximum absolute atomic E-state index is 13.3. The van der Waals surface area contributed by atoms with Crippen molar-refractivity contribution in [1.82, 2.24) is 4.72 Å². The van der Waals surface area contributed by atoms with Crippen molar-refractivity contribution >= 4 is 10.0 Å². The van der Waals surface area contributed by atoms with Gasteiger partial charge in [0.15, 0.2) is 4.90 Å². The lowest BCUT2D eigenvalue weighted by atomic mass is 10.2. The minimum atomic E-state index is -4.15. The predicted octanol–water partition coefficient (Wildman–Crippen LogP) is 2.43. The maximum atomic E-state index is 13.3. The fourth-order valence-electron chi connectivity index (χ4n) is 1.47. The lowest BCUT2D eigenvalue weighted by Crippen LogP contribution is -2.34. The predicted molar refractivity (Wildman–Crippen MR) is 61.0 cm³/mol. The molecule has 0 unspecified atom stereocenters. The Bertz CT molecular complexity index is 464. The molecule has 1 aromatic rings. The third-order valence-electron chi connectivity index (χ3n) is 2.50. The Morgan fingerprint density at radius 3 is 2.06 bits per heavy atom. The molecule has 17 heavy (non-hydrogen) atoms. The minimum absolute atomic E-state index is 0.320. The van der Waals surface area contributed by atoms with Crippen molar-refractivity contribution in [3.8, 4) is 0 Å². The van der Waals surface area contributed by atoms with Crippen molar-refractivity contribution in [1.29, 1.82) is 0 Å². The van der Waals surface area contributed by atoms with Gasteiger partial charge >= 0.3 is 0 Å². The number of nitrogens with one attached hydrogen (secondary N) is 1. The summed E-state index contributed by atoms with van der Waals surface area (Å²) in [6.07, 6.45) is 1.12. The second kappa shape index (κ2) is 5.55. The molecule has 3 nitrogen and oxygen atoms in total. The van der Waals surface area contributed by atoms with Crippen LogP contribution in [0.5, 0.6) is 0 Å². The largest absolute Gasteiger partial charge is 0.246 e. The summed E-state index contributed by atoms with van der Waals surface area (Å²) in [7, 11) is -4.15. The first-order valence-corrected chi connectivity index (χ1v) is 6.87. The monoisotopic (exact) mass is 263 g/mol. The SMILES string of the molecule is CCC(CC)NS(=O)(=O)c1c(F)cccc1F. The number of halogens is 2. The molecule has 0 atom stereocenters. The van der Waals surface area contributed by atoms with Gasteiger partial charge in [-0.3, -0.25) is 0 Å². The van der Waals surface area contributed by atoms with Crippen LogP contribution in [0.15, 0.2) is 23.1 Å². The molecular weight excluding hydrogens is 248 g/mol. The fraction of sp³-hybridized carbons (Fsp3) is 0.455. The molecule has 0 aliphatic heterocycles. The molecule has 6 heteroatoms. The van der Waals surface area contributed by atoms with Gasteiger partial charge in [0, 0.05) is 6.04 Å². The van der Waals surface area contributed by atoms with E-state index in [1.807, 2.05) is 0 Å². The molecule has 0 aliphatic rings. The van der Waals surface area contributed by atoms with E-state index >= 15 is 0 Å². The molecule has 96 valence electrons. The molecule has 1 N–H and O–H groups in total. The molecule has 0 aliphatic carbocycles. The van der Waals surface area contributed by atoms with Crippen molar-refractivity contribution in [2.75, 3.05) is 0 Å². The van der Waals surface area contributed by atoms with Crippen molar-refractivity contribution in [3.05, 3.63) is 29.8 Å². The molecule has 0 amide bonds. The van der Waals surface area contributed by atoms with Gasteiger partial charge in [-0.15, -0.1) is 0 Å². The average Bonchev–Trinajstić information content (AvgIpc) is 2.25. The van der Waals surface area contributed by atoms with E-state index in [1.165, 1.54) is 0 Å². The van der Waals surface area contributed by atoms with Gasteiger partial charge in [-0.2, -0.15) is 0 Å². The molecule has 0 saturated carbocycles. The van der Waals surface area contributed by atoms with Gasteiger partial charge in [0.2, 0.25) is 10.0 Å². The van der Waals surface area contributed by atoms with Gasteiger partial charge in [-0.25, -0.2) is 21.9 Å². The first-order valence-electron chi connectivity index (χ1n) is 5.38. The summed E-state index contributed by atoms with van der Waals surface area (Å²) < 4.78 is 52.6. The second-order valence-electron chi connectivity index (χ2n) is 3.69. The lowest BCUT2D eigenvalue weighted by Gasteiger charge is -2.15. The first-order chi connectivity index (χ1) is 7.92. The Hall–Kier alpha value is -1.01. The average molecular weight is 263 g/mol. The molecule has 0 saturated heterocycles. The summed E-state index contributed by atoms with van der Waals surface area (Å²) in [4.78, 5) is -0.910. The zero-order chi connectivity index (χ0) is 13.1. The van der Waals surface area contributed by atoms with Gasteiger partial charge in [-0.1, -0.05) is 19.9 Å². The van der Waals surface area contributed by atoms with Crippen LogP contribution in [-0.4, -0.2) is 14.5 Å². The molecule has 0 bridgehead atoms. The highest BCUT2D eigenvalue weighted by Crippen LogP contribution is 2.18. The van der Waals surface area contributed by atoms with Crippen LogP contribution < -0.4 is 4.72 Å². The summed E-state index contributed by atoms with van der Waals surface area (Å²) in [5, 5.41) is 0. The Kier molecular flexibility index (Phi) is 4.59. The van der Waals surface area contributed by atoms with E-state index in [1.54, 1.807) is 13.8 Å². The van der Waals surface area contributed by atoms with E-state index in [0.29, 0.717) is 12.8 Å². The summed E-state index contributed by atoms with van der Waals surface area (Å²) in [5.74, 6) is -2.16. The van der Waals surface area contributed by atoms with E-state index in [0.717, 1.165) is 18.2 Å². The van der Waals surface area contributed by atoms with Crippen LogP contribution in [0.25, 0.3) is 0 Å². The third kappa shape index (κ3) is 3.23. The molecule has 0 fully saturated rings. The molecule has 0 heterocycles. The Morgan fingerprint density at radius 1 is 1.18 bits per heavy atom. The van der Waals surface area contributed by atoms with Crippen LogP contribution in [0.3, 0.4) is 0 Å². The zero-order valence-electron chi connectivity index (χ0n) is 9.70. The van der Waals surface area contributed by atoms with Gasteiger partial charge in [0.1, 0.15) is 11.6 Å². The van der Waals surface area contributed by atoms with Gasteiger partial charge < -0.3 is 0 Å². The molecule has 1 rings (SSSR count). The van der Waals surface area contributed by atoms with Gasteiger partial charge in [0.25, 0.3) is 0 Å². The van der Waals surface area contributed by atoms with Crippen LogP contribution in [0, 0.1) is 11.6 Å². The molecule has 0 aromatic heterocycles. The maximum Gasteiger partial charge on any atom is 0.246 e. The number of hydrogen-bond acceptors (Lipinski definition) is 2. The number of rotatable bonds is 5. The van der Waals surface area contributed by atoms with Crippen LogP contribution in [0.4, 0.5) is 8.78 Å². The van der Waals surface area contributed by atoms with Crippen LogP contribution >= 0.6 is 0 Å². The number of sulfonamides is 1. The standard InChI is InChI=1S/C11H15F2NO2S/c1-3-8(4-2)14-17(15,16)11-9(12)6-5-7-10(11)13/h5-8,14H,3-4H2,1-2H3. The zero-order valence-corrected chi connectivity index (χ0v) is 10.5. The van der Waals surface area contributed by atoms with E-state index in [-0.39, 0.29) is 6.04 Å². The van der Waals surface area contributed by atoms with Crippen LogP contribution in [0.2, 0.25) is 0 Å². The smallest absolute Gasteiger partial charge is 0.208 e. The summed E-state index contributed by atoms with van der Waals surface area (Å²) in [6, 6.07) is 2.65. The Labute approximate surface area is 99.9 Å². The minimum Gasteiger partial charge on any atom is -0.208 e. The molecule has 1 aromatic carbocycles. The van der Waals surface area contributed by atoms with Gasteiger partial charge in [0.05, 0.1) is 0 Å². The van der Waals surface area contributed by atoms with E-state index in [4.69, 9.17) is 0 Å².